The van der Waals surface area contributed by atoms with Gasteiger partial charge >= 0.3 is 12.6 Å². The van der Waals surface area contributed by atoms with Gasteiger partial charge < -0.3 is 14.7 Å². The number of rotatable bonds is 6. The minimum Gasteiger partial charge on any atom is -0.478 e. The van der Waals surface area contributed by atoms with Crippen LogP contribution in [-0.2, 0) is 17.6 Å². The first-order valence-electron chi connectivity index (χ1n) is 8.64. The first-order chi connectivity index (χ1) is 12.9. The van der Waals surface area contributed by atoms with Crippen LogP contribution in [0.4, 0.5) is 14.5 Å². The third-order valence-electron chi connectivity index (χ3n) is 4.52. The number of ether oxygens (including phenoxy) is 1. The van der Waals surface area contributed by atoms with Crippen LogP contribution in [0.5, 0.6) is 5.75 Å². The Morgan fingerprint density at radius 1 is 1.15 bits per heavy atom. The Morgan fingerprint density at radius 3 is 2.56 bits per heavy atom. The van der Waals surface area contributed by atoms with Gasteiger partial charge in [-0.3, -0.25) is 4.79 Å². The third kappa shape index (κ3) is 4.61. The molecule has 5 nitrogen and oxygen atoms in total. The van der Waals surface area contributed by atoms with Gasteiger partial charge in [-0.25, -0.2) is 4.79 Å². The van der Waals surface area contributed by atoms with Gasteiger partial charge in [0.25, 0.3) is 0 Å². The fourth-order valence-electron chi connectivity index (χ4n) is 3.21. The average molecular weight is 375 g/mol. The van der Waals surface area contributed by atoms with Gasteiger partial charge in [0.1, 0.15) is 5.75 Å². The summed E-state index contributed by atoms with van der Waals surface area (Å²) in [4.78, 5) is 25.2. The predicted octanol–water partition coefficient (Wildman–Crippen LogP) is 3.90. The maximum Gasteiger partial charge on any atom is 0.387 e. The van der Waals surface area contributed by atoms with Crippen LogP contribution in [0.25, 0.3) is 0 Å². The number of fused-ring (bicyclic) bond motifs is 1. The van der Waals surface area contributed by atoms with Crippen LogP contribution in [0.2, 0.25) is 0 Å². The lowest BCUT2D eigenvalue weighted by Gasteiger charge is -2.30. The Hall–Kier alpha value is -2.96. The maximum atomic E-state index is 12.7. The van der Waals surface area contributed by atoms with Crippen LogP contribution >= 0.6 is 0 Å². The molecule has 0 bridgehead atoms. The van der Waals surface area contributed by atoms with Crippen molar-refractivity contribution in [3.63, 3.8) is 0 Å². The van der Waals surface area contributed by atoms with E-state index in [0.29, 0.717) is 19.4 Å². The number of carboxylic acid groups (broad SMARTS) is 1. The third-order valence-corrected chi connectivity index (χ3v) is 4.52. The predicted molar refractivity (Wildman–Crippen MR) is 95.5 cm³/mol. The highest BCUT2D eigenvalue weighted by Gasteiger charge is 2.23. The van der Waals surface area contributed by atoms with Gasteiger partial charge in [0.05, 0.1) is 5.56 Å². The van der Waals surface area contributed by atoms with Gasteiger partial charge in [0.2, 0.25) is 5.91 Å². The first-order valence-corrected chi connectivity index (χ1v) is 8.64. The molecular weight excluding hydrogens is 356 g/mol. The molecule has 1 aliphatic rings. The second-order valence-corrected chi connectivity index (χ2v) is 6.32. The normalized spacial score (nSPS) is 13.4. The van der Waals surface area contributed by atoms with Crippen molar-refractivity contribution in [1.29, 1.82) is 0 Å². The number of alkyl halides is 2. The van der Waals surface area contributed by atoms with E-state index < -0.39 is 12.6 Å². The van der Waals surface area contributed by atoms with Crippen molar-refractivity contribution in [3.05, 3.63) is 59.2 Å². The van der Waals surface area contributed by atoms with E-state index in [2.05, 4.69) is 4.74 Å². The highest BCUT2D eigenvalue weighted by Crippen LogP contribution is 2.31. The topological polar surface area (TPSA) is 66.8 Å². The summed E-state index contributed by atoms with van der Waals surface area (Å²) in [6.45, 7) is -2.30. The molecule has 0 saturated carbocycles. The van der Waals surface area contributed by atoms with Crippen molar-refractivity contribution in [2.75, 3.05) is 11.4 Å². The number of hydrogen-bond acceptors (Lipinski definition) is 3. The number of carboxylic acids is 1. The van der Waals surface area contributed by atoms with Crippen molar-refractivity contribution in [3.8, 4) is 5.75 Å². The largest absolute Gasteiger partial charge is 0.478 e. The minimum atomic E-state index is -2.88. The zero-order valence-electron chi connectivity index (χ0n) is 14.5. The standard InChI is InChI=1S/C20H19F2NO4/c21-20(22)27-16-8-9-17-15(12-16)2-1-11-23(17)18(24)10-5-13-3-6-14(7-4-13)19(25)26/h3-4,6-9,12,20H,1-2,5,10-11H2,(H,25,26). The number of carbonyl (C=O) groups excluding carboxylic acids is 1. The number of aromatic carboxylic acids is 1. The lowest BCUT2D eigenvalue weighted by molar-refractivity contribution is -0.118. The first kappa shape index (κ1) is 18.8. The number of nitrogens with zero attached hydrogens (tertiary/aromatic N) is 1. The molecule has 2 aromatic rings. The molecule has 1 N–H and O–H groups in total. The SMILES string of the molecule is O=C(O)c1ccc(CCC(=O)N2CCCc3cc(OC(F)F)ccc32)cc1. The molecule has 0 aliphatic carbocycles. The maximum absolute atomic E-state index is 12.7. The van der Waals surface area contributed by atoms with Crippen LogP contribution in [0.15, 0.2) is 42.5 Å². The minimum absolute atomic E-state index is 0.0548. The zero-order chi connectivity index (χ0) is 19.4. The fourth-order valence-corrected chi connectivity index (χ4v) is 3.21. The van der Waals surface area contributed by atoms with Gasteiger partial charge in [0.15, 0.2) is 0 Å². The van der Waals surface area contributed by atoms with Crippen molar-refractivity contribution >= 4 is 17.6 Å². The quantitative estimate of drug-likeness (QED) is 0.832. The number of aryl methyl sites for hydroxylation is 2. The number of amides is 1. The van der Waals surface area contributed by atoms with E-state index in [9.17, 15) is 18.4 Å². The highest BCUT2D eigenvalue weighted by molar-refractivity contribution is 5.94. The van der Waals surface area contributed by atoms with Crippen LogP contribution < -0.4 is 9.64 Å². The smallest absolute Gasteiger partial charge is 0.387 e. The molecule has 0 saturated heterocycles. The molecule has 7 heteroatoms. The van der Waals surface area contributed by atoms with Crippen molar-refractivity contribution < 1.29 is 28.2 Å². The lowest BCUT2D eigenvalue weighted by Crippen LogP contribution is -2.35. The molecule has 2 aromatic carbocycles. The Labute approximate surface area is 155 Å². The molecule has 0 atom stereocenters. The van der Waals surface area contributed by atoms with Crippen LogP contribution in [0.3, 0.4) is 0 Å². The van der Waals surface area contributed by atoms with Gasteiger partial charge in [-0.15, -0.1) is 0 Å². The Morgan fingerprint density at radius 2 is 1.89 bits per heavy atom. The fraction of sp³-hybridized carbons (Fsp3) is 0.300. The van der Waals surface area contributed by atoms with E-state index in [0.717, 1.165) is 23.2 Å². The van der Waals surface area contributed by atoms with E-state index in [1.165, 1.54) is 18.2 Å². The molecule has 27 heavy (non-hydrogen) atoms. The lowest BCUT2D eigenvalue weighted by atomic mass is 10.00. The number of hydrogen-bond donors (Lipinski definition) is 1. The van der Waals surface area contributed by atoms with Crippen molar-refractivity contribution in [1.82, 2.24) is 0 Å². The Kier molecular flexibility index (Phi) is 5.69. The number of anilines is 1. The summed E-state index contributed by atoms with van der Waals surface area (Å²) in [5, 5.41) is 8.91. The van der Waals surface area contributed by atoms with Gasteiger partial charge in [0, 0.05) is 18.7 Å². The van der Waals surface area contributed by atoms with Gasteiger partial charge in [-0.2, -0.15) is 8.78 Å². The second-order valence-electron chi connectivity index (χ2n) is 6.32. The molecule has 0 spiro atoms. The summed E-state index contributed by atoms with van der Waals surface area (Å²) >= 11 is 0. The number of carbonyl (C=O) groups is 2. The molecule has 0 fully saturated rings. The second kappa shape index (κ2) is 8.16. The molecule has 1 aliphatic heterocycles. The summed E-state index contributed by atoms with van der Waals surface area (Å²) < 4.78 is 29.2. The molecule has 0 aromatic heterocycles. The van der Waals surface area contributed by atoms with E-state index >= 15 is 0 Å². The number of benzene rings is 2. The summed E-state index contributed by atoms with van der Waals surface area (Å²) in [6.07, 6.45) is 2.23. The van der Waals surface area contributed by atoms with Crippen molar-refractivity contribution in [2.24, 2.45) is 0 Å². The Bertz CT molecular complexity index is 836. The van der Waals surface area contributed by atoms with Crippen LogP contribution in [-0.4, -0.2) is 30.1 Å². The average Bonchev–Trinajstić information content (AvgIpc) is 2.65. The van der Waals surface area contributed by atoms with Gasteiger partial charge in [-0.1, -0.05) is 12.1 Å². The van der Waals surface area contributed by atoms with Gasteiger partial charge in [-0.05, 0) is 60.7 Å². The zero-order valence-corrected chi connectivity index (χ0v) is 14.5. The number of halogens is 2. The van der Waals surface area contributed by atoms with E-state index in [1.807, 2.05) is 0 Å². The summed E-state index contributed by atoms with van der Waals surface area (Å²) in [6, 6.07) is 11.1. The molecule has 0 unspecified atom stereocenters. The molecular formula is C20H19F2NO4. The highest BCUT2D eigenvalue weighted by atomic mass is 19.3. The molecule has 0 radical (unpaired) electrons. The molecule has 142 valence electrons. The Balaban J connectivity index is 1.66. The van der Waals surface area contributed by atoms with E-state index in [1.54, 1.807) is 29.2 Å². The van der Waals surface area contributed by atoms with E-state index in [-0.39, 0.29) is 23.6 Å². The van der Waals surface area contributed by atoms with E-state index in [4.69, 9.17) is 5.11 Å². The summed E-state index contributed by atoms with van der Waals surface area (Å²) in [5.41, 5.74) is 2.63. The summed E-state index contributed by atoms with van der Waals surface area (Å²) in [5.74, 6) is -0.949. The molecule has 1 amide bonds. The van der Waals surface area contributed by atoms with Crippen molar-refractivity contribution in [2.45, 2.75) is 32.3 Å². The molecule has 1 heterocycles. The monoisotopic (exact) mass is 375 g/mol. The molecule has 3 rings (SSSR count). The summed E-state index contributed by atoms with van der Waals surface area (Å²) in [7, 11) is 0. The van der Waals surface area contributed by atoms with Crippen LogP contribution in [0, 0.1) is 0 Å². The van der Waals surface area contributed by atoms with Crippen LogP contribution in [0.1, 0.15) is 34.3 Å².